The molecule has 1 aromatic rings. The summed E-state index contributed by atoms with van der Waals surface area (Å²) in [6.45, 7) is 0. The van der Waals surface area contributed by atoms with Gasteiger partial charge in [-0.2, -0.15) is 21.6 Å². The van der Waals surface area contributed by atoms with Gasteiger partial charge < -0.3 is 4.74 Å². The summed E-state index contributed by atoms with van der Waals surface area (Å²) in [4.78, 5) is 11.6. The van der Waals surface area contributed by atoms with Crippen LogP contribution in [0.15, 0.2) is 24.3 Å². The third-order valence-electron chi connectivity index (χ3n) is 2.95. The maximum atomic E-state index is 12.7. The SMILES string of the molecule is COC(=O)[C@@H]1Cc2ccccc2N1S(=O)(=O)C(F)(F)F. The number of para-hydroxylation sites is 1. The molecule has 0 radical (unpaired) electrons. The van der Waals surface area contributed by atoms with E-state index < -0.39 is 27.5 Å². The van der Waals surface area contributed by atoms with E-state index in [0.29, 0.717) is 5.56 Å². The Morgan fingerprint density at radius 2 is 1.95 bits per heavy atom. The number of ether oxygens (including phenoxy) is 1. The van der Waals surface area contributed by atoms with E-state index in [2.05, 4.69) is 4.74 Å². The van der Waals surface area contributed by atoms with Crippen LogP contribution in [-0.4, -0.2) is 33.0 Å². The highest BCUT2D eigenvalue weighted by Gasteiger charge is 2.55. The minimum atomic E-state index is -5.66. The predicted octanol–water partition coefficient (Wildman–Crippen LogP) is 1.44. The van der Waals surface area contributed by atoms with Gasteiger partial charge in [-0.3, -0.25) is 0 Å². The molecule has 1 aliphatic rings. The summed E-state index contributed by atoms with van der Waals surface area (Å²) in [6.07, 6.45) is -0.155. The van der Waals surface area contributed by atoms with Crippen LogP contribution in [-0.2, 0) is 26.0 Å². The van der Waals surface area contributed by atoms with E-state index in [9.17, 15) is 26.4 Å². The summed E-state index contributed by atoms with van der Waals surface area (Å²) in [5.41, 5.74) is -5.30. The summed E-state index contributed by atoms with van der Waals surface area (Å²) < 4.78 is 66.0. The normalized spacial score (nSPS) is 18.8. The second kappa shape index (κ2) is 4.65. The van der Waals surface area contributed by atoms with E-state index >= 15 is 0 Å². The van der Waals surface area contributed by atoms with Gasteiger partial charge in [0.2, 0.25) is 0 Å². The number of nitrogens with zero attached hydrogens (tertiary/aromatic N) is 1. The molecule has 0 amide bonds. The van der Waals surface area contributed by atoms with Gasteiger partial charge in [0, 0.05) is 6.42 Å². The van der Waals surface area contributed by atoms with Gasteiger partial charge in [-0.15, -0.1) is 0 Å². The average molecular weight is 309 g/mol. The molecule has 1 aromatic carbocycles. The number of methoxy groups -OCH3 is 1. The molecule has 0 saturated carbocycles. The number of hydrogen-bond donors (Lipinski definition) is 0. The van der Waals surface area contributed by atoms with Gasteiger partial charge in [-0.25, -0.2) is 9.10 Å². The van der Waals surface area contributed by atoms with Crippen LogP contribution in [0.4, 0.5) is 18.9 Å². The Morgan fingerprint density at radius 1 is 1.35 bits per heavy atom. The molecule has 0 aliphatic carbocycles. The number of hydrogen-bond acceptors (Lipinski definition) is 4. The minimum absolute atomic E-state index is 0.0914. The van der Waals surface area contributed by atoms with Crippen LogP contribution in [0.2, 0.25) is 0 Å². The van der Waals surface area contributed by atoms with Crippen molar-refractivity contribution in [1.82, 2.24) is 0 Å². The number of rotatable bonds is 2. The first-order valence-corrected chi connectivity index (χ1v) is 6.90. The molecule has 5 nitrogen and oxygen atoms in total. The number of anilines is 1. The van der Waals surface area contributed by atoms with Crippen LogP contribution in [0.5, 0.6) is 0 Å². The fourth-order valence-corrected chi connectivity index (χ4v) is 3.24. The Labute approximate surface area is 113 Å². The standard InChI is InChI=1S/C11H10F3NO4S/c1-19-10(16)9-6-7-4-2-3-5-8(7)15(9)20(17,18)11(12,13)14/h2-5,9H,6H2,1H3/t9-/m0/s1. The Kier molecular flexibility index (Phi) is 3.41. The van der Waals surface area contributed by atoms with E-state index in [-0.39, 0.29) is 16.4 Å². The lowest BCUT2D eigenvalue weighted by molar-refractivity contribution is -0.141. The highest BCUT2D eigenvalue weighted by atomic mass is 32.2. The Morgan fingerprint density at radius 3 is 2.50 bits per heavy atom. The van der Waals surface area contributed by atoms with Crippen LogP contribution in [0, 0.1) is 0 Å². The lowest BCUT2D eigenvalue weighted by atomic mass is 10.1. The molecule has 0 N–H and O–H groups in total. The molecule has 0 fully saturated rings. The first-order valence-electron chi connectivity index (χ1n) is 5.46. The molecular formula is C11H10F3NO4S. The fourth-order valence-electron chi connectivity index (χ4n) is 2.08. The quantitative estimate of drug-likeness (QED) is 0.776. The van der Waals surface area contributed by atoms with Gasteiger partial charge in [0.25, 0.3) is 0 Å². The molecule has 110 valence electrons. The molecule has 2 rings (SSSR count). The highest BCUT2D eigenvalue weighted by molar-refractivity contribution is 7.93. The van der Waals surface area contributed by atoms with E-state index in [1.54, 1.807) is 6.07 Å². The largest absolute Gasteiger partial charge is 0.516 e. The molecular weight excluding hydrogens is 299 g/mol. The van der Waals surface area contributed by atoms with Crippen molar-refractivity contribution in [3.05, 3.63) is 29.8 Å². The van der Waals surface area contributed by atoms with Crippen molar-refractivity contribution in [2.75, 3.05) is 11.4 Å². The summed E-state index contributed by atoms with van der Waals surface area (Å²) in [5, 5.41) is 0. The molecule has 9 heteroatoms. The van der Waals surface area contributed by atoms with E-state index in [0.717, 1.165) is 7.11 Å². The van der Waals surface area contributed by atoms with Crippen molar-refractivity contribution in [2.24, 2.45) is 0 Å². The molecule has 0 unspecified atom stereocenters. The summed E-state index contributed by atoms with van der Waals surface area (Å²) in [5.74, 6) is -1.03. The van der Waals surface area contributed by atoms with Crippen LogP contribution < -0.4 is 4.31 Å². The van der Waals surface area contributed by atoms with Crippen molar-refractivity contribution >= 4 is 21.7 Å². The zero-order valence-electron chi connectivity index (χ0n) is 10.2. The average Bonchev–Trinajstić information content (AvgIpc) is 2.76. The Balaban J connectivity index is 2.59. The Bertz CT molecular complexity index is 641. The second-order valence-electron chi connectivity index (χ2n) is 4.12. The van der Waals surface area contributed by atoms with Crippen molar-refractivity contribution in [2.45, 2.75) is 18.0 Å². The van der Waals surface area contributed by atoms with E-state index in [1.165, 1.54) is 18.2 Å². The van der Waals surface area contributed by atoms with Gasteiger partial charge in [-0.05, 0) is 11.6 Å². The monoisotopic (exact) mass is 309 g/mol. The smallest absolute Gasteiger partial charge is 0.467 e. The first-order chi connectivity index (χ1) is 9.20. The molecule has 0 aromatic heterocycles. The maximum Gasteiger partial charge on any atom is 0.516 e. The molecule has 1 atom stereocenters. The van der Waals surface area contributed by atoms with Gasteiger partial charge in [0.1, 0.15) is 6.04 Å². The van der Waals surface area contributed by atoms with Crippen LogP contribution in [0.3, 0.4) is 0 Å². The van der Waals surface area contributed by atoms with Crippen molar-refractivity contribution in [3.63, 3.8) is 0 Å². The van der Waals surface area contributed by atoms with Gasteiger partial charge in [0.05, 0.1) is 12.8 Å². The van der Waals surface area contributed by atoms with Gasteiger partial charge in [0.15, 0.2) is 0 Å². The van der Waals surface area contributed by atoms with Crippen molar-refractivity contribution in [1.29, 1.82) is 0 Å². The number of benzene rings is 1. The summed E-state index contributed by atoms with van der Waals surface area (Å²) >= 11 is 0. The van der Waals surface area contributed by atoms with Crippen molar-refractivity contribution in [3.8, 4) is 0 Å². The van der Waals surface area contributed by atoms with E-state index in [1.807, 2.05) is 0 Å². The summed E-state index contributed by atoms with van der Waals surface area (Å²) in [7, 11) is -4.67. The third-order valence-corrected chi connectivity index (χ3v) is 4.50. The Hall–Kier alpha value is -1.77. The van der Waals surface area contributed by atoms with Crippen LogP contribution in [0.25, 0.3) is 0 Å². The van der Waals surface area contributed by atoms with Gasteiger partial charge in [-0.1, -0.05) is 18.2 Å². The topological polar surface area (TPSA) is 63.7 Å². The zero-order chi connectivity index (χ0) is 15.1. The molecule has 0 bridgehead atoms. The lowest BCUT2D eigenvalue weighted by Crippen LogP contribution is -2.48. The predicted molar refractivity (Wildman–Crippen MR) is 63.4 cm³/mol. The fraction of sp³-hybridized carbons (Fsp3) is 0.364. The molecule has 1 aliphatic heterocycles. The maximum absolute atomic E-state index is 12.7. The van der Waals surface area contributed by atoms with Crippen molar-refractivity contribution < 1.29 is 31.1 Å². The number of fused-ring (bicyclic) bond motifs is 1. The lowest BCUT2D eigenvalue weighted by Gasteiger charge is -2.25. The van der Waals surface area contributed by atoms with E-state index in [4.69, 9.17) is 0 Å². The molecule has 20 heavy (non-hydrogen) atoms. The minimum Gasteiger partial charge on any atom is -0.467 e. The van der Waals surface area contributed by atoms with Gasteiger partial charge >= 0.3 is 21.5 Å². The number of alkyl halides is 3. The molecule has 1 heterocycles. The molecule has 0 spiro atoms. The first kappa shape index (κ1) is 14.6. The number of halogens is 3. The number of carbonyl (C=O) groups is 1. The second-order valence-corrected chi connectivity index (χ2v) is 5.92. The number of carbonyl (C=O) groups excluding carboxylic acids is 1. The van der Waals surface area contributed by atoms with Crippen LogP contribution >= 0.6 is 0 Å². The molecule has 0 saturated heterocycles. The van der Waals surface area contributed by atoms with Crippen LogP contribution in [0.1, 0.15) is 5.56 Å². The summed E-state index contributed by atoms with van der Waals surface area (Å²) in [6, 6.07) is 4.11. The number of esters is 1. The number of sulfonamides is 1. The zero-order valence-corrected chi connectivity index (χ0v) is 11.0. The highest BCUT2D eigenvalue weighted by Crippen LogP contribution is 2.39. The third kappa shape index (κ3) is 2.11.